The smallest absolute Gasteiger partial charge is 0.0735 e. The van der Waals surface area contributed by atoms with Crippen molar-refractivity contribution in [2.75, 3.05) is 5.73 Å². The molecule has 0 saturated carbocycles. The van der Waals surface area contributed by atoms with E-state index in [1.807, 2.05) is 23.9 Å². The first kappa shape index (κ1) is 32.4. The molecule has 2 heteroatoms. The van der Waals surface area contributed by atoms with Gasteiger partial charge in [-0.25, -0.2) is 0 Å². The number of hydrogen-bond donors (Lipinski definition) is 1. The number of anilines is 1. The molecule has 1 heterocycles. The highest BCUT2D eigenvalue weighted by molar-refractivity contribution is 7.99. The van der Waals surface area contributed by atoms with Gasteiger partial charge in [-0.15, -0.1) is 0 Å². The quantitative estimate of drug-likeness (QED) is 0.144. The van der Waals surface area contributed by atoms with Crippen LogP contribution >= 0.6 is 11.8 Å². The van der Waals surface area contributed by atoms with Crippen molar-refractivity contribution in [2.45, 2.75) is 15.2 Å². The van der Waals surface area contributed by atoms with Crippen LogP contribution < -0.4 is 5.73 Å². The lowest BCUT2D eigenvalue weighted by Crippen LogP contribution is -2.31. The predicted molar refractivity (Wildman–Crippen MR) is 241 cm³/mol. The highest BCUT2D eigenvalue weighted by Gasteiger charge is 2.50. The van der Waals surface area contributed by atoms with Gasteiger partial charge in [0.1, 0.15) is 0 Å². The molecule has 1 spiro atoms. The van der Waals surface area contributed by atoms with Crippen LogP contribution in [0.3, 0.4) is 0 Å². The maximum atomic E-state index is 6.26. The topological polar surface area (TPSA) is 26.0 Å². The number of rotatable bonds is 3. The fourth-order valence-corrected chi connectivity index (χ4v) is 11.3. The Labute approximate surface area is 336 Å². The summed E-state index contributed by atoms with van der Waals surface area (Å²) in [4.78, 5) is 2.61. The van der Waals surface area contributed by atoms with Crippen LogP contribution in [0.15, 0.2) is 210 Å². The summed E-state index contributed by atoms with van der Waals surface area (Å²) in [5.41, 5.74) is 21.8. The molecule has 1 aliphatic carbocycles. The summed E-state index contributed by atoms with van der Waals surface area (Å²) < 4.78 is 0. The van der Waals surface area contributed by atoms with Crippen LogP contribution in [0, 0.1) is 0 Å². The molecular weight excluding hydrogens is 707 g/mol. The highest BCUT2D eigenvalue weighted by atomic mass is 32.2. The molecule has 10 aromatic rings. The molecule has 12 rings (SSSR count). The summed E-state index contributed by atoms with van der Waals surface area (Å²) in [6, 6.07) is 74.2. The van der Waals surface area contributed by atoms with Crippen molar-refractivity contribution in [2.24, 2.45) is 0 Å². The third-order valence-corrected chi connectivity index (χ3v) is 13.6. The zero-order chi connectivity index (χ0) is 37.7. The van der Waals surface area contributed by atoms with Crippen molar-refractivity contribution in [1.82, 2.24) is 0 Å². The van der Waals surface area contributed by atoms with Crippen LogP contribution in [0.2, 0.25) is 0 Å². The van der Waals surface area contributed by atoms with Crippen LogP contribution in [0.5, 0.6) is 0 Å². The lowest BCUT2D eigenvalue weighted by atomic mass is 9.67. The number of nitrogens with two attached hydrogens (primary N) is 1. The maximum Gasteiger partial charge on any atom is 0.0735 e. The van der Waals surface area contributed by atoms with Gasteiger partial charge in [0.15, 0.2) is 0 Å². The molecule has 2 aliphatic rings. The SMILES string of the molecule is Nc1ccc(-c2cccc3c2-c2cc(-c4c5ccccc5c(-c5ccc6ccccc6c5)c5ccccc45)ccc2C32c3ccccc3Sc3ccccc32)cc1. The molecule has 1 nitrogen and oxygen atoms in total. The molecular formula is C55H35NS. The third-order valence-electron chi connectivity index (χ3n) is 12.4. The second-order valence-corrected chi connectivity index (χ2v) is 16.4. The molecule has 57 heavy (non-hydrogen) atoms. The molecule has 2 N–H and O–H groups in total. The first-order valence-corrected chi connectivity index (χ1v) is 20.4. The van der Waals surface area contributed by atoms with E-state index in [1.165, 1.54) is 103 Å². The molecule has 266 valence electrons. The van der Waals surface area contributed by atoms with Gasteiger partial charge in [0.2, 0.25) is 0 Å². The van der Waals surface area contributed by atoms with E-state index >= 15 is 0 Å². The standard InChI is InChI=1S/C55H35NS/c56-39-29-26-35(27-30-39)40-18-11-21-49-54(40)45-33-38(28-31-46(45)55(49)47-19-7-9-22-50(47)57-51-23-10-8-20-48(51)55)53-43-16-5-3-14-41(43)52(42-15-4-6-17-44(42)53)37-25-24-34-12-1-2-13-36(34)32-37/h1-33H,56H2. The van der Waals surface area contributed by atoms with E-state index in [-0.39, 0.29) is 0 Å². The second kappa shape index (κ2) is 12.3. The van der Waals surface area contributed by atoms with Gasteiger partial charge < -0.3 is 5.73 Å². The molecule has 0 saturated heterocycles. The normalized spacial score (nSPS) is 13.4. The Balaban J connectivity index is 1.18. The summed E-state index contributed by atoms with van der Waals surface area (Å²) in [5, 5.41) is 7.53. The van der Waals surface area contributed by atoms with Crippen molar-refractivity contribution >= 4 is 49.8 Å². The van der Waals surface area contributed by atoms with Gasteiger partial charge in [0.05, 0.1) is 5.41 Å². The molecule has 10 aromatic carbocycles. The average molecular weight is 742 g/mol. The molecule has 0 aromatic heterocycles. The third kappa shape index (κ3) is 4.59. The minimum Gasteiger partial charge on any atom is -0.399 e. The van der Waals surface area contributed by atoms with Gasteiger partial charge >= 0.3 is 0 Å². The van der Waals surface area contributed by atoms with Crippen molar-refractivity contribution in [1.29, 1.82) is 0 Å². The lowest BCUT2D eigenvalue weighted by Gasteiger charge is -2.39. The first-order valence-electron chi connectivity index (χ1n) is 19.6. The number of hydrogen-bond acceptors (Lipinski definition) is 2. The number of fused-ring (bicyclic) bond motifs is 12. The minimum atomic E-state index is -0.477. The van der Waals surface area contributed by atoms with Gasteiger partial charge in [-0.1, -0.05) is 176 Å². The Morgan fingerprint density at radius 1 is 0.333 bits per heavy atom. The minimum absolute atomic E-state index is 0.477. The Kier molecular flexibility index (Phi) is 7.00. The fraction of sp³-hybridized carbons (Fsp3) is 0.0182. The second-order valence-electron chi connectivity index (χ2n) is 15.4. The Hall–Kier alpha value is -6.87. The van der Waals surface area contributed by atoms with Gasteiger partial charge in [0, 0.05) is 15.5 Å². The first-order chi connectivity index (χ1) is 28.2. The largest absolute Gasteiger partial charge is 0.399 e. The molecule has 0 atom stereocenters. The monoisotopic (exact) mass is 741 g/mol. The van der Waals surface area contributed by atoms with E-state index < -0.39 is 5.41 Å². The van der Waals surface area contributed by atoms with Crippen molar-refractivity contribution in [3.8, 4) is 44.5 Å². The maximum absolute atomic E-state index is 6.26. The number of benzene rings is 10. The summed E-state index contributed by atoms with van der Waals surface area (Å²) in [6.45, 7) is 0. The molecule has 1 aliphatic heterocycles. The molecule has 0 bridgehead atoms. The molecule has 0 unspecified atom stereocenters. The number of nitrogen functional groups attached to an aromatic ring is 1. The molecule has 0 amide bonds. The average Bonchev–Trinajstić information content (AvgIpc) is 3.55. The summed E-state index contributed by atoms with van der Waals surface area (Å²) in [7, 11) is 0. The van der Waals surface area contributed by atoms with Crippen LogP contribution in [0.25, 0.3) is 76.8 Å². The van der Waals surface area contributed by atoms with E-state index in [0.717, 1.165) is 11.3 Å². The van der Waals surface area contributed by atoms with Crippen molar-refractivity contribution < 1.29 is 0 Å². The van der Waals surface area contributed by atoms with Gasteiger partial charge in [-0.2, -0.15) is 0 Å². The van der Waals surface area contributed by atoms with Crippen LogP contribution in [0.4, 0.5) is 5.69 Å². The van der Waals surface area contributed by atoms with Crippen LogP contribution in [-0.2, 0) is 5.41 Å². The van der Waals surface area contributed by atoms with Crippen molar-refractivity contribution in [3.05, 3.63) is 222 Å². The summed E-state index contributed by atoms with van der Waals surface area (Å²) >= 11 is 1.88. The predicted octanol–water partition coefficient (Wildman–Crippen LogP) is 14.6. The van der Waals surface area contributed by atoms with E-state index in [9.17, 15) is 0 Å². The highest BCUT2D eigenvalue weighted by Crippen LogP contribution is 2.64. The van der Waals surface area contributed by atoms with E-state index in [4.69, 9.17) is 5.73 Å². The zero-order valence-electron chi connectivity index (χ0n) is 31.0. The summed E-state index contributed by atoms with van der Waals surface area (Å²) in [5.74, 6) is 0. The van der Waals surface area contributed by atoms with Gasteiger partial charge in [-0.05, 0) is 135 Å². The van der Waals surface area contributed by atoms with E-state index in [1.54, 1.807) is 0 Å². The molecule has 0 fully saturated rings. The Morgan fingerprint density at radius 3 is 1.49 bits per heavy atom. The van der Waals surface area contributed by atoms with Crippen LogP contribution in [0.1, 0.15) is 22.3 Å². The summed E-state index contributed by atoms with van der Waals surface area (Å²) in [6.07, 6.45) is 0. The van der Waals surface area contributed by atoms with Gasteiger partial charge in [0.25, 0.3) is 0 Å². The fourth-order valence-electron chi connectivity index (χ4n) is 10.1. The molecule has 0 radical (unpaired) electrons. The van der Waals surface area contributed by atoms with E-state index in [0.29, 0.717) is 0 Å². The Morgan fingerprint density at radius 2 is 0.842 bits per heavy atom. The lowest BCUT2D eigenvalue weighted by molar-refractivity contribution is 0.722. The Bertz CT molecular complexity index is 3180. The zero-order valence-corrected chi connectivity index (χ0v) is 31.9. The van der Waals surface area contributed by atoms with Crippen LogP contribution in [-0.4, -0.2) is 0 Å². The van der Waals surface area contributed by atoms with Gasteiger partial charge in [-0.3, -0.25) is 0 Å². The van der Waals surface area contributed by atoms with E-state index in [2.05, 4.69) is 188 Å². The van der Waals surface area contributed by atoms with Crippen molar-refractivity contribution in [3.63, 3.8) is 0 Å².